The van der Waals surface area contributed by atoms with Crippen molar-refractivity contribution in [3.05, 3.63) is 59.2 Å². The van der Waals surface area contributed by atoms with Gasteiger partial charge in [0.05, 0.1) is 22.2 Å². The average molecular weight is 411 g/mol. The molecule has 0 aliphatic heterocycles. The van der Waals surface area contributed by atoms with E-state index in [4.69, 9.17) is 5.26 Å². The fourth-order valence-electron chi connectivity index (χ4n) is 2.78. The molecule has 0 unspecified atom stereocenters. The van der Waals surface area contributed by atoms with E-state index < -0.39 is 10.0 Å². The summed E-state index contributed by atoms with van der Waals surface area (Å²) in [7, 11) is -3.65. The number of rotatable bonds is 7. The molecule has 0 saturated carbocycles. The van der Waals surface area contributed by atoms with Crippen LogP contribution in [0.3, 0.4) is 0 Å². The van der Waals surface area contributed by atoms with E-state index in [1.807, 2.05) is 26.0 Å². The first-order valence-corrected chi connectivity index (χ1v) is 10.4. The fourth-order valence-corrected chi connectivity index (χ4v) is 3.81. The summed E-state index contributed by atoms with van der Waals surface area (Å²) < 4.78 is 28.9. The molecule has 29 heavy (non-hydrogen) atoms. The van der Waals surface area contributed by atoms with Crippen molar-refractivity contribution in [2.45, 2.75) is 25.7 Å². The molecular weight excluding hydrogens is 390 g/mol. The molecular formula is C19H21N7O2S. The van der Waals surface area contributed by atoms with Crippen LogP contribution in [0.25, 0.3) is 5.82 Å². The highest BCUT2D eigenvalue weighted by Gasteiger charge is 2.13. The quantitative estimate of drug-likeness (QED) is 0.568. The van der Waals surface area contributed by atoms with E-state index in [9.17, 15) is 8.42 Å². The number of nitrogens with one attached hydrogen (secondary N) is 2. The molecule has 0 saturated heterocycles. The van der Waals surface area contributed by atoms with Crippen LogP contribution in [0.5, 0.6) is 0 Å². The first-order valence-electron chi connectivity index (χ1n) is 8.91. The standard InChI is InChI=1S/C19H21N7O2S/c1-13-10-14(2)26(25-13)19-11-18(23-15(3)24-19)21-8-9-22-29(27,28)17-6-4-16(12-20)5-7-17/h4-7,10-11,22H,8-9H2,1-3H3,(H,21,23,24). The topological polar surface area (TPSA) is 126 Å². The molecule has 0 fully saturated rings. The fraction of sp³-hybridized carbons (Fsp3) is 0.263. The highest BCUT2D eigenvalue weighted by molar-refractivity contribution is 7.89. The molecule has 0 bridgehead atoms. The van der Waals surface area contributed by atoms with Crippen LogP contribution < -0.4 is 10.0 Å². The Kier molecular flexibility index (Phi) is 5.91. The first kappa shape index (κ1) is 20.4. The van der Waals surface area contributed by atoms with Crippen molar-refractivity contribution in [3.63, 3.8) is 0 Å². The number of hydrogen-bond acceptors (Lipinski definition) is 7. The van der Waals surface area contributed by atoms with Crippen molar-refractivity contribution < 1.29 is 8.42 Å². The van der Waals surface area contributed by atoms with E-state index >= 15 is 0 Å². The second-order valence-corrected chi connectivity index (χ2v) is 8.23. The van der Waals surface area contributed by atoms with E-state index in [2.05, 4.69) is 25.1 Å². The number of nitrogens with zero attached hydrogens (tertiary/aromatic N) is 5. The zero-order valence-corrected chi connectivity index (χ0v) is 17.2. The third-order valence-corrected chi connectivity index (χ3v) is 5.54. The summed E-state index contributed by atoms with van der Waals surface area (Å²) >= 11 is 0. The molecule has 2 N–H and O–H groups in total. The number of benzene rings is 1. The number of sulfonamides is 1. The van der Waals surface area contributed by atoms with Gasteiger partial charge in [0.2, 0.25) is 10.0 Å². The Morgan fingerprint density at radius 1 is 1.07 bits per heavy atom. The Morgan fingerprint density at radius 2 is 1.79 bits per heavy atom. The lowest BCUT2D eigenvalue weighted by atomic mass is 10.2. The smallest absolute Gasteiger partial charge is 0.240 e. The molecule has 0 atom stereocenters. The second-order valence-electron chi connectivity index (χ2n) is 6.46. The van der Waals surface area contributed by atoms with E-state index in [0.29, 0.717) is 29.6 Å². The molecule has 10 heteroatoms. The van der Waals surface area contributed by atoms with Crippen LogP contribution in [0, 0.1) is 32.1 Å². The van der Waals surface area contributed by atoms with E-state index in [1.54, 1.807) is 17.7 Å². The van der Waals surface area contributed by atoms with Crippen LogP contribution in [0.1, 0.15) is 22.8 Å². The van der Waals surface area contributed by atoms with Gasteiger partial charge in [0, 0.05) is 24.8 Å². The summed E-state index contributed by atoms with van der Waals surface area (Å²) in [6.45, 7) is 6.15. The summed E-state index contributed by atoms with van der Waals surface area (Å²) in [5.74, 6) is 1.80. The van der Waals surface area contributed by atoms with Crippen LogP contribution in [0.4, 0.5) is 5.82 Å². The largest absolute Gasteiger partial charge is 0.369 e. The number of aryl methyl sites for hydroxylation is 3. The summed E-state index contributed by atoms with van der Waals surface area (Å²) in [6, 6.07) is 11.4. The van der Waals surface area contributed by atoms with Crippen molar-refractivity contribution in [1.82, 2.24) is 24.5 Å². The van der Waals surface area contributed by atoms with Crippen LogP contribution in [-0.4, -0.2) is 41.3 Å². The SMILES string of the molecule is Cc1cc(C)n(-c2cc(NCCNS(=O)(=O)c3ccc(C#N)cc3)nc(C)n2)n1. The molecule has 9 nitrogen and oxygen atoms in total. The molecule has 0 aliphatic carbocycles. The number of hydrogen-bond donors (Lipinski definition) is 2. The van der Waals surface area contributed by atoms with Gasteiger partial charge in [-0.1, -0.05) is 0 Å². The van der Waals surface area contributed by atoms with E-state index in [1.165, 1.54) is 24.3 Å². The van der Waals surface area contributed by atoms with Crippen LogP contribution in [-0.2, 0) is 10.0 Å². The summed E-state index contributed by atoms with van der Waals surface area (Å²) in [5, 5.41) is 16.3. The summed E-state index contributed by atoms with van der Waals surface area (Å²) in [5.41, 5.74) is 2.26. The van der Waals surface area contributed by atoms with Crippen LogP contribution in [0.15, 0.2) is 41.3 Å². The summed E-state index contributed by atoms with van der Waals surface area (Å²) in [4.78, 5) is 8.86. The van der Waals surface area contributed by atoms with Gasteiger partial charge in [-0.2, -0.15) is 10.4 Å². The monoisotopic (exact) mass is 411 g/mol. The minimum Gasteiger partial charge on any atom is -0.369 e. The highest BCUT2D eigenvalue weighted by Crippen LogP contribution is 2.14. The third kappa shape index (κ3) is 4.96. The Bertz CT molecular complexity index is 1160. The minimum atomic E-state index is -3.65. The lowest BCUT2D eigenvalue weighted by molar-refractivity contribution is 0.583. The molecule has 1 aromatic carbocycles. The molecule has 3 rings (SSSR count). The third-order valence-electron chi connectivity index (χ3n) is 4.07. The molecule has 2 heterocycles. The number of nitriles is 1. The number of anilines is 1. The van der Waals surface area contributed by atoms with Gasteiger partial charge >= 0.3 is 0 Å². The molecule has 0 amide bonds. The van der Waals surface area contributed by atoms with Crippen molar-refractivity contribution in [3.8, 4) is 11.9 Å². The average Bonchev–Trinajstić information content (AvgIpc) is 3.03. The van der Waals surface area contributed by atoms with Crippen LogP contribution in [0.2, 0.25) is 0 Å². The van der Waals surface area contributed by atoms with Gasteiger partial charge in [-0.25, -0.2) is 27.8 Å². The number of aromatic nitrogens is 4. The van der Waals surface area contributed by atoms with Gasteiger partial charge in [0.25, 0.3) is 0 Å². The Hall–Kier alpha value is -3.29. The lowest BCUT2D eigenvalue weighted by Crippen LogP contribution is -2.29. The van der Waals surface area contributed by atoms with Crippen molar-refractivity contribution in [1.29, 1.82) is 5.26 Å². The van der Waals surface area contributed by atoms with Crippen molar-refractivity contribution in [2.24, 2.45) is 0 Å². The zero-order valence-electron chi connectivity index (χ0n) is 16.3. The van der Waals surface area contributed by atoms with E-state index in [0.717, 1.165) is 11.4 Å². The van der Waals surface area contributed by atoms with Gasteiger partial charge in [0.15, 0.2) is 5.82 Å². The Morgan fingerprint density at radius 3 is 2.41 bits per heavy atom. The zero-order chi connectivity index (χ0) is 21.0. The maximum Gasteiger partial charge on any atom is 0.240 e. The van der Waals surface area contributed by atoms with Gasteiger partial charge < -0.3 is 5.32 Å². The molecule has 3 aromatic rings. The second kappa shape index (κ2) is 8.38. The van der Waals surface area contributed by atoms with Crippen molar-refractivity contribution >= 4 is 15.8 Å². The highest BCUT2D eigenvalue weighted by atomic mass is 32.2. The molecule has 150 valence electrons. The minimum absolute atomic E-state index is 0.112. The maximum absolute atomic E-state index is 12.3. The van der Waals surface area contributed by atoms with Crippen molar-refractivity contribution in [2.75, 3.05) is 18.4 Å². The van der Waals surface area contributed by atoms with Gasteiger partial charge in [0.1, 0.15) is 11.6 Å². The Balaban J connectivity index is 1.63. The predicted molar refractivity (Wildman–Crippen MR) is 108 cm³/mol. The normalized spacial score (nSPS) is 11.2. The van der Waals surface area contributed by atoms with Crippen LogP contribution >= 0.6 is 0 Å². The molecule has 0 radical (unpaired) electrons. The molecule has 0 spiro atoms. The summed E-state index contributed by atoms with van der Waals surface area (Å²) in [6.07, 6.45) is 0. The van der Waals surface area contributed by atoms with E-state index in [-0.39, 0.29) is 11.4 Å². The molecule has 0 aliphatic rings. The van der Waals surface area contributed by atoms with Gasteiger partial charge in [-0.05, 0) is 51.1 Å². The predicted octanol–water partition coefficient (Wildman–Crippen LogP) is 1.85. The van der Waals surface area contributed by atoms with Gasteiger partial charge in [-0.15, -0.1) is 0 Å². The van der Waals surface area contributed by atoms with Gasteiger partial charge in [-0.3, -0.25) is 0 Å². The molecule has 2 aromatic heterocycles. The first-order chi connectivity index (χ1) is 13.8. The Labute approximate surface area is 169 Å². The maximum atomic E-state index is 12.3. The lowest BCUT2D eigenvalue weighted by Gasteiger charge is -2.11.